The van der Waals surface area contributed by atoms with Crippen LogP contribution < -0.4 is 5.56 Å². The predicted octanol–water partition coefficient (Wildman–Crippen LogP) is 4.80. The molecule has 1 heterocycles. The van der Waals surface area contributed by atoms with Gasteiger partial charge < -0.3 is 9.67 Å². The summed E-state index contributed by atoms with van der Waals surface area (Å²) in [6.07, 6.45) is 1.94. The number of benzene rings is 2. The third-order valence-corrected chi connectivity index (χ3v) is 4.80. The Balaban J connectivity index is 1.84. The van der Waals surface area contributed by atoms with Gasteiger partial charge in [-0.25, -0.2) is 0 Å². The minimum atomic E-state index is -0.805. The summed E-state index contributed by atoms with van der Waals surface area (Å²) in [4.78, 5) is 23.1. The summed E-state index contributed by atoms with van der Waals surface area (Å²) in [5.74, 6) is -0.851. The van der Waals surface area contributed by atoms with Gasteiger partial charge in [-0.2, -0.15) is 0 Å². The third kappa shape index (κ3) is 4.86. The number of nitrogens with zero attached hydrogens (tertiary/aromatic N) is 1. The van der Waals surface area contributed by atoms with E-state index in [1.807, 2.05) is 61.7 Å². The number of pyridine rings is 1. The molecule has 0 amide bonds. The van der Waals surface area contributed by atoms with Gasteiger partial charge in [0.15, 0.2) is 0 Å². The van der Waals surface area contributed by atoms with Crippen molar-refractivity contribution >= 4 is 17.6 Å². The second kappa shape index (κ2) is 8.23. The van der Waals surface area contributed by atoms with Crippen LogP contribution in [0, 0.1) is 0 Å². The van der Waals surface area contributed by atoms with Crippen LogP contribution in [0.1, 0.15) is 30.4 Å². The first-order chi connectivity index (χ1) is 12.9. The van der Waals surface area contributed by atoms with E-state index in [4.69, 9.17) is 16.7 Å². The molecular formula is C22H20ClNO3. The third-order valence-electron chi connectivity index (χ3n) is 4.54. The maximum atomic E-state index is 12.2. The Kier molecular flexibility index (Phi) is 5.77. The van der Waals surface area contributed by atoms with Gasteiger partial charge >= 0.3 is 5.97 Å². The number of aliphatic carboxylic acids is 1. The van der Waals surface area contributed by atoms with Gasteiger partial charge in [0.1, 0.15) is 0 Å². The molecule has 5 heteroatoms. The van der Waals surface area contributed by atoms with Crippen LogP contribution in [0.3, 0.4) is 0 Å². The first-order valence-corrected chi connectivity index (χ1v) is 9.07. The molecule has 0 radical (unpaired) electrons. The number of hydrogen-bond donors (Lipinski definition) is 1. The van der Waals surface area contributed by atoms with Crippen molar-refractivity contribution in [3.63, 3.8) is 0 Å². The Hall–Kier alpha value is -2.85. The zero-order valence-electron chi connectivity index (χ0n) is 14.9. The molecule has 0 bridgehead atoms. The monoisotopic (exact) mass is 381 g/mol. The zero-order chi connectivity index (χ0) is 19.4. The first kappa shape index (κ1) is 18.9. The maximum absolute atomic E-state index is 12.2. The Labute approximate surface area is 162 Å². The van der Waals surface area contributed by atoms with Gasteiger partial charge in [-0.3, -0.25) is 9.59 Å². The van der Waals surface area contributed by atoms with Crippen molar-refractivity contribution in [2.45, 2.75) is 25.8 Å². The Morgan fingerprint density at radius 1 is 1.00 bits per heavy atom. The normalized spacial score (nSPS) is 11.9. The highest BCUT2D eigenvalue weighted by atomic mass is 35.5. The van der Waals surface area contributed by atoms with Crippen LogP contribution >= 0.6 is 11.6 Å². The van der Waals surface area contributed by atoms with E-state index >= 15 is 0 Å². The molecule has 0 aliphatic heterocycles. The molecule has 0 saturated carbocycles. The van der Waals surface area contributed by atoms with E-state index < -0.39 is 5.97 Å². The number of halogens is 1. The average Bonchev–Trinajstić information content (AvgIpc) is 2.65. The number of carbonyl (C=O) groups is 1. The minimum Gasteiger partial charge on any atom is -0.481 e. The van der Waals surface area contributed by atoms with Gasteiger partial charge in [-0.05, 0) is 46.4 Å². The highest BCUT2D eigenvalue weighted by molar-refractivity contribution is 6.30. The lowest BCUT2D eigenvalue weighted by Crippen LogP contribution is -2.19. The van der Waals surface area contributed by atoms with E-state index in [0.29, 0.717) is 11.6 Å². The van der Waals surface area contributed by atoms with Gasteiger partial charge in [0.05, 0.1) is 13.0 Å². The number of carboxylic acids is 1. The molecule has 1 aromatic heterocycles. The fraction of sp³-hybridized carbons (Fsp3) is 0.182. The van der Waals surface area contributed by atoms with Crippen molar-refractivity contribution in [3.8, 4) is 11.1 Å². The van der Waals surface area contributed by atoms with Crippen LogP contribution in [0.5, 0.6) is 0 Å². The van der Waals surface area contributed by atoms with Crippen molar-refractivity contribution in [2.75, 3.05) is 0 Å². The summed E-state index contributed by atoms with van der Waals surface area (Å²) in [7, 11) is 0. The second-order valence-corrected chi connectivity index (χ2v) is 7.07. The summed E-state index contributed by atoms with van der Waals surface area (Å²) in [6, 6.07) is 18.6. The van der Waals surface area contributed by atoms with E-state index in [9.17, 15) is 9.59 Å². The molecule has 1 atom stereocenters. The topological polar surface area (TPSA) is 59.3 Å². The molecule has 1 N–H and O–H groups in total. The Bertz CT molecular complexity index is 991. The summed E-state index contributed by atoms with van der Waals surface area (Å²) in [5.41, 5.74) is 3.82. The molecule has 0 aliphatic rings. The Morgan fingerprint density at radius 2 is 1.63 bits per heavy atom. The lowest BCUT2D eigenvalue weighted by atomic mass is 9.95. The van der Waals surface area contributed by atoms with Crippen molar-refractivity contribution in [1.29, 1.82) is 0 Å². The highest BCUT2D eigenvalue weighted by Gasteiger charge is 2.10. The molecule has 2 aromatic carbocycles. The minimum absolute atomic E-state index is 0.0459. The average molecular weight is 382 g/mol. The summed E-state index contributed by atoms with van der Waals surface area (Å²) in [6.45, 7) is 2.37. The summed E-state index contributed by atoms with van der Waals surface area (Å²) < 4.78 is 1.67. The SMILES string of the molecule is CC(CC(=O)O)c1ccc(-c2ccc(=O)n(Cc3ccc(Cl)cc3)c2)cc1. The lowest BCUT2D eigenvalue weighted by Gasteiger charge is -2.12. The summed E-state index contributed by atoms with van der Waals surface area (Å²) >= 11 is 5.91. The maximum Gasteiger partial charge on any atom is 0.303 e. The van der Waals surface area contributed by atoms with E-state index in [1.165, 1.54) is 0 Å². The molecule has 4 nitrogen and oxygen atoms in total. The van der Waals surface area contributed by atoms with Crippen molar-refractivity contribution in [3.05, 3.63) is 93.4 Å². The van der Waals surface area contributed by atoms with Crippen LogP contribution in [0.2, 0.25) is 5.02 Å². The van der Waals surface area contributed by atoms with Crippen LogP contribution in [-0.2, 0) is 11.3 Å². The fourth-order valence-corrected chi connectivity index (χ4v) is 3.12. The van der Waals surface area contributed by atoms with E-state index in [0.717, 1.165) is 22.3 Å². The molecule has 138 valence electrons. The fourth-order valence-electron chi connectivity index (χ4n) is 3.00. The highest BCUT2D eigenvalue weighted by Crippen LogP contribution is 2.24. The lowest BCUT2D eigenvalue weighted by molar-refractivity contribution is -0.137. The van der Waals surface area contributed by atoms with Crippen molar-refractivity contribution < 1.29 is 9.90 Å². The zero-order valence-corrected chi connectivity index (χ0v) is 15.7. The molecule has 27 heavy (non-hydrogen) atoms. The van der Waals surface area contributed by atoms with E-state index in [2.05, 4.69) is 0 Å². The van der Waals surface area contributed by atoms with Gasteiger partial charge in [0.2, 0.25) is 0 Å². The molecular weight excluding hydrogens is 362 g/mol. The van der Waals surface area contributed by atoms with Crippen LogP contribution in [0.4, 0.5) is 0 Å². The molecule has 0 aliphatic carbocycles. The first-order valence-electron chi connectivity index (χ1n) is 8.69. The van der Waals surface area contributed by atoms with Crippen LogP contribution in [0.25, 0.3) is 11.1 Å². The smallest absolute Gasteiger partial charge is 0.303 e. The molecule has 0 fully saturated rings. The van der Waals surface area contributed by atoms with Crippen LogP contribution in [0.15, 0.2) is 71.7 Å². The molecule has 3 rings (SSSR count). The van der Waals surface area contributed by atoms with Gasteiger partial charge in [-0.1, -0.05) is 54.9 Å². The largest absolute Gasteiger partial charge is 0.481 e. The van der Waals surface area contributed by atoms with E-state index in [-0.39, 0.29) is 17.9 Å². The predicted molar refractivity (Wildman–Crippen MR) is 107 cm³/mol. The number of aromatic nitrogens is 1. The Morgan fingerprint density at radius 3 is 2.26 bits per heavy atom. The molecule has 0 spiro atoms. The van der Waals surface area contributed by atoms with Crippen LogP contribution in [-0.4, -0.2) is 15.6 Å². The summed E-state index contributed by atoms with van der Waals surface area (Å²) in [5, 5.41) is 9.59. The molecule has 1 unspecified atom stereocenters. The second-order valence-electron chi connectivity index (χ2n) is 6.63. The standard InChI is InChI=1S/C22H20ClNO3/c1-15(12-22(26)27)17-4-6-18(7-5-17)19-8-11-21(25)24(14-19)13-16-2-9-20(23)10-3-16/h2-11,14-15H,12-13H2,1H3,(H,26,27). The number of carboxylic acid groups (broad SMARTS) is 1. The number of hydrogen-bond acceptors (Lipinski definition) is 2. The van der Waals surface area contributed by atoms with Gasteiger partial charge in [0, 0.05) is 17.3 Å². The number of rotatable bonds is 6. The molecule has 3 aromatic rings. The van der Waals surface area contributed by atoms with Crippen molar-refractivity contribution in [1.82, 2.24) is 4.57 Å². The van der Waals surface area contributed by atoms with Crippen molar-refractivity contribution in [2.24, 2.45) is 0 Å². The quantitative estimate of drug-likeness (QED) is 0.667. The van der Waals surface area contributed by atoms with Gasteiger partial charge in [-0.15, -0.1) is 0 Å². The van der Waals surface area contributed by atoms with Gasteiger partial charge in [0.25, 0.3) is 5.56 Å². The van der Waals surface area contributed by atoms with E-state index in [1.54, 1.807) is 16.7 Å². The molecule has 0 saturated heterocycles.